The van der Waals surface area contributed by atoms with Gasteiger partial charge in [0.2, 0.25) is 0 Å². The van der Waals surface area contributed by atoms with Gasteiger partial charge in [-0.15, -0.1) is 11.8 Å². The van der Waals surface area contributed by atoms with Crippen molar-refractivity contribution in [2.45, 2.75) is 24.5 Å². The summed E-state index contributed by atoms with van der Waals surface area (Å²) in [5, 5.41) is 0.559. The third kappa shape index (κ3) is 3.48. The van der Waals surface area contributed by atoms with Crippen molar-refractivity contribution in [1.29, 1.82) is 0 Å². The monoisotopic (exact) mass is 263 g/mol. The lowest BCUT2D eigenvalue weighted by molar-refractivity contribution is 1.24. The van der Waals surface area contributed by atoms with Crippen molar-refractivity contribution in [2.75, 3.05) is 0 Å². The number of pyridine rings is 1. The summed E-state index contributed by atoms with van der Waals surface area (Å²) in [7, 11) is 0. The van der Waals surface area contributed by atoms with Crippen LogP contribution in [0, 0.1) is 13.8 Å². The van der Waals surface area contributed by atoms with Crippen molar-refractivity contribution in [1.82, 2.24) is 4.98 Å². The number of hydrogen-bond donors (Lipinski definition) is 0. The third-order valence-electron chi connectivity index (χ3n) is 2.52. The van der Waals surface area contributed by atoms with Gasteiger partial charge in [0.05, 0.1) is 0 Å². The highest BCUT2D eigenvalue weighted by Crippen LogP contribution is 2.26. The zero-order chi connectivity index (χ0) is 12.3. The number of aromatic nitrogens is 1. The van der Waals surface area contributed by atoms with Crippen LogP contribution in [0.4, 0.5) is 0 Å². The average molecular weight is 264 g/mol. The van der Waals surface area contributed by atoms with E-state index in [1.807, 2.05) is 23.9 Å². The molecule has 2 rings (SSSR count). The Bertz CT molecular complexity index is 525. The first kappa shape index (κ1) is 12.5. The Morgan fingerprint density at radius 3 is 2.71 bits per heavy atom. The van der Waals surface area contributed by atoms with Crippen molar-refractivity contribution < 1.29 is 0 Å². The quantitative estimate of drug-likeness (QED) is 0.591. The first-order valence-corrected chi connectivity index (χ1v) is 6.82. The lowest BCUT2D eigenvalue weighted by Crippen LogP contribution is -1.85. The lowest BCUT2D eigenvalue weighted by Gasteiger charge is -2.06. The fraction of sp³-hybridized carbons (Fsp3) is 0.214. The van der Waals surface area contributed by atoms with Crippen LogP contribution in [-0.4, -0.2) is 4.98 Å². The number of aryl methyl sites for hydroxylation is 2. The predicted molar refractivity (Wildman–Crippen MR) is 74.7 cm³/mol. The van der Waals surface area contributed by atoms with Gasteiger partial charge in [0, 0.05) is 16.8 Å². The number of halogens is 1. The van der Waals surface area contributed by atoms with Gasteiger partial charge in [0.1, 0.15) is 5.15 Å². The van der Waals surface area contributed by atoms with Crippen LogP contribution in [0.2, 0.25) is 5.15 Å². The van der Waals surface area contributed by atoms with Crippen LogP contribution in [0.15, 0.2) is 41.4 Å². The van der Waals surface area contributed by atoms with Crippen LogP contribution >= 0.6 is 23.4 Å². The van der Waals surface area contributed by atoms with Crippen LogP contribution in [0.1, 0.15) is 16.7 Å². The molecule has 3 heteroatoms. The first-order valence-electron chi connectivity index (χ1n) is 5.45. The topological polar surface area (TPSA) is 12.9 Å². The second kappa shape index (κ2) is 5.56. The molecule has 0 aliphatic carbocycles. The van der Waals surface area contributed by atoms with Gasteiger partial charge in [0.25, 0.3) is 0 Å². The van der Waals surface area contributed by atoms with Crippen molar-refractivity contribution in [3.63, 3.8) is 0 Å². The molecule has 1 heterocycles. The molecular weight excluding hydrogens is 250 g/mol. The van der Waals surface area contributed by atoms with Crippen LogP contribution in [0.25, 0.3) is 0 Å². The smallest absolute Gasteiger partial charge is 0.129 e. The van der Waals surface area contributed by atoms with E-state index < -0.39 is 0 Å². The number of thioether (sulfide) groups is 1. The minimum atomic E-state index is 0.559. The molecule has 0 fully saturated rings. The van der Waals surface area contributed by atoms with Crippen LogP contribution in [0.5, 0.6) is 0 Å². The van der Waals surface area contributed by atoms with Crippen molar-refractivity contribution in [3.05, 3.63) is 58.4 Å². The van der Waals surface area contributed by atoms with E-state index in [4.69, 9.17) is 11.6 Å². The van der Waals surface area contributed by atoms with E-state index in [9.17, 15) is 0 Å². The fourth-order valence-corrected chi connectivity index (χ4v) is 2.80. The fourth-order valence-electron chi connectivity index (χ4n) is 1.65. The molecule has 1 nitrogen and oxygen atoms in total. The Kier molecular flexibility index (Phi) is 4.08. The summed E-state index contributed by atoms with van der Waals surface area (Å²) >= 11 is 7.69. The van der Waals surface area contributed by atoms with Gasteiger partial charge < -0.3 is 0 Å². The van der Waals surface area contributed by atoms with Crippen LogP contribution in [-0.2, 0) is 5.75 Å². The van der Waals surface area contributed by atoms with Crippen molar-refractivity contribution in [3.8, 4) is 0 Å². The van der Waals surface area contributed by atoms with Gasteiger partial charge in [0.15, 0.2) is 0 Å². The first-order chi connectivity index (χ1) is 8.15. The van der Waals surface area contributed by atoms with E-state index in [-0.39, 0.29) is 0 Å². The highest BCUT2D eigenvalue weighted by molar-refractivity contribution is 7.98. The van der Waals surface area contributed by atoms with Crippen LogP contribution < -0.4 is 0 Å². The van der Waals surface area contributed by atoms with E-state index in [1.54, 1.807) is 6.20 Å². The summed E-state index contributed by atoms with van der Waals surface area (Å²) < 4.78 is 0. The van der Waals surface area contributed by atoms with Gasteiger partial charge >= 0.3 is 0 Å². The third-order valence-corrected chi connectivity index (χ3v) is 3.97. The summed E-state index contributed by atoms with van der Waals surface area (Å²) in [5.41, 5.74) is 3.84. The molecule has 0 saturated carbocycles. The largest absolute Gasteiger partial charge is 0.245 e. The standard InChI is InChI=1S/C14H14ClNS/c1-10-3-4-13(11(2)7-10)17-9-12-5-6-16-14(15)8-12/h3-8H,9H2,1-2H3. The molecule has 17 heavy (non-hydrogen) atoms. The highest BCUT2D eigenvalue weighted by atomic mass is 35.5. The lowest BCUT2D eigenvalue weighted by atomic mass is 10.2. The second-order valence-corrected chi connectivity index (χ2v) is 5.45. The maximum absolute atomic E-state index is 5.86. The van der Waals surface area contributed by atoms with Gasteiger partial charge in [-0.3, -0.25) is 0 Å². The van der Waals surface area contributed by atoms with Gasteiger partial charge in [-0.1, -0.05) is 29.3 Å². The van der Waals surface area contributed by atoms with E-state index in [0.29, 0.717) is 5.15 Å². The predicted octanol–water partition coefficient (Wildman–Crippen LogP) is 4.64. The van der Waals surface area contributed by atoms with E-state index in [2.05, 4.69) is 37.0 Å². The molecular formula is C14H14ClNS. The summed E-state index contributed by atoms with van der Waals surface area (Å²) in [6.07, 6.45) is 1.75. The number of rotatable bonds is 3. The minimum absolute atomic E-state index is 0.559. The minimum Gasteiger partial charge on any atom is -0.245 e. The van der Waals surface area contributed by atoms with Crippen LogP contribution in [0.3, 0.4) is 0 Å². The summed E-state index contributed by atoms with van der Waals surface area (Å²) in [5.74, 6) is 0.923. The zero-order valence-electron chi connectivity index (χ0n) is 9.90. The molecule has 1 aromatic carbocycles. The Balaban J connectivity index is 2.07. The van der Waals surface area contributed by atoms with Gasteiger partial charge in [-0.05, 0) is 43.2 Å². The molecule has 0 bridgehead atoms. The summed E-state index contributed by atoms with van der Waals surface area (Å²) in [6.45, 7) is 4.26. The molecule has 0 saturated heterocycles. The van der Waals surface area contributed by atoms with Gasteiger partial charge in [-0.2, -0.15) is 0 Å². The number of benzene rings is 1. The molecule has 88 valence electrons. The summed E-state index contributed by atoms with van der Waals surface area (Å²) in [6, 6.07) is 10.5. The normalized spacial score (nSPS) is 10.5. The van der Waals surface area contributed by atoms with Crippen molar-refractivity contribution >= 4 is 23.4 Å². The maximum atomic E-state index is 5.86. The average Bonchev–Trinajstić information content (AvgIpc) is 2.28. The molecule has 0 amide bonds. The Labute approximate surface area is 111 Å². The van der Waals surface area contributed by atoms with E-state index in [1.165, 1.54) is 21.6 Å². The van der Waals surface area contributed by atoms with Crippen molar-refractivity contribution in [2.24, 2.45) is 0 Å². The molecule has 0 atom stereocenters. The highest BCUT2D eigenvalue weighted by Gasteiger charge is 2.01. The Morgan fingerprint density at radius 2 is 2.00 bits per heavy atom. The molecule has 0 radical (unpaired) electrons. The molecule has 0 spiro atoms. The summed E-state index contributed by atoms with van der Waals surface area (Å²) in [4.78, 5) is 5.30. The van der Waals surface area contributed by atoms with E-state index in [0.717, 1.165) is 5.75 Å². The number of nitrogens with zero attached hydrogens (tertiary/aromatic N) is 1. The SMILES string of the molecule is Cc1ccc(SCc2ccnc(Cl)c2)c(C)c1. The van der Waals surface area contributed by atoms with Gasteiger partial charge in [-0.25, -0.2) is 4.98 Å². The molecule has 0 aliphatic rings. The maximum Gasteiger partial charge on any atom is 0.129 e. The Hall–Kier alpha value is -0.990. The molecule has 0 N–H and O–H groups in total. The molecule has 0 unspecified atom stereocenters. The van der Waals surface area contributed by atoms with E-state index >= 15 is 0 Å². The molecule has 2 aromatic rings. The zero-order valence-corrected chi connectivity index (χ0v) is 11.5. The molecule has 1 aromatic heterocycles. The Morgan fingerprint density at radius 1 is 1.18 bits per heavy atom. The second-order valence-electron chi connectivity index (χ2n) is 4.04. The number of hydrogen-bond acceptors (Lipinski definition) is 2. The molecule has 0 aliphatic heterocycles.